The molecule has 11 aromatic rings. The Labute approximate surface area is 705 Å². The van der Waals surface area contributed by atoms with Crippen molar-refractivity contribution >= 4 is 105 Å². The van der Waals surface area contributed by atoms with Gasteiger partial charge in [-0.25, -0.2) is 73.6 Å². The average Bonchev–Trinajstić information content (AvgIpc) is 1.60. The summed E-state index contributed by atoms with van der Waals surface area (Å²) in [6, 6.07) is 30.3. The topological polar surface area (TPSA) is 518 Å². The minimum Gasteiger partial charge on any atom is -0.478 e. The van der Waals surface area contributed by atoms with Crippen LogP contribution in [0.5, 0.6) is 0 Å². The molecule has 11 N–H and O–H groups in total. The SMILES string of the molecule is CCNC(=O)Nc1ncnc2c1ncn2C1CC(CCCC2N=NN=C2C(=O)O)C2O[C@H](/C=C/c3ccccc3)OC21.CCNC(=O)Nc1ncnc2c1ncn2C1CC(CNCc2occc2C(=O)O)C2O[C@H](/C=C/c3ccccc3)OC21.CCNC(=O)Nc1ncnc2c1ncn2C1OC(CNCc2occc2C(=O)O)C2O[C@H](c3ccccc3)OC21. The molecule has 6 amide bonds. The van der Waals surface area contributed by atoms with E-state index in [1.807, 2.05) is 145 Å². The van der Waals surface area contributed by atoms with Crippen molar-refractivity contribution in [1.29, 1.82) is 0 Å². The van der Waals surface area contributed by atoms with E-state index in [1.165, 1.54) is 43.6 Å². The smallest absolute Gasteiger partial charge is 0.354 e. The molecule has 0 bridgehead atoms. The van der Waals surface area contributed by atoms with Gasteiger partial charge in [0.2, 0.25) is 0 Å². The number of ether oxygens (including phenoxy) is 7. The monoisotopic (exact) mass is 1700 g/mol. The van der Waals surface area contributed by atoms with Crippen LogP contribution in [0.4, 0.5) is 31.8 Å². The first-order valence-electron chi connectivity index (χ1n) is 40.5. The molecule has 41 heteroatoms. The van der Waals surface area contributed by atoms with Gasteiger partial charge in [0.15, 0.2) is 81.8 Å². The maximum absolute atomic E-state index is 12.2. The van der Waals surface area contributed by atoms with Crippen LogP contribution in [0.2, 0.25) is 0 Å². The number of amides is 6. The number of carbonyl (C=O) groups is 6. The Balaban J connectivity index is 0.000000138. The molecule has 13 heterocycles. The average molecular weight is 1700 g/mol. The van der Waals surface area contributed by atoms with Crippen LogP contribution < -0.4 is 42.5 Å². The van der Waals surface area contributed by atoms with Gasteiger partial charge in [-0.05, 0) is 93.0 Å². The molecule has 6 fully saturated rings. The van der Waals surface area contributed by atoms with E-state index in [1.54, 1.807) is 23.5 Å². The van der Waals surface area contributed by atoms with Crippen LogP contribution in [0.3, 0.4) is 0 Å². The maximum atomic E-state index is 12.2. The minimum atomic E-state index is -1.10. The van der Waals surface area contributed by atoms with E-state index in [-0.39, 0.29) is 96.1 Å². The van der Waals surface area contributed by atoms with Crippen molar-refractivity contribution in [2.45, 2.75) is 152 Å². The highest BCUT2D eigenvalue weighted by molar-refractivity contribution is 6.38. The fourth-order valence-electron chi connectivity index (χ4n) is 16.4. The summed E-state index contributed by atoms with van der Waals surface area (Å²) in [6.07, 6.45) is 18.3. The molecule has 4 saturated heterocycles. The first kappa shape index (κ1) is 84.1. The second kappa shape index (κ2) is 38.7. The van der Waals surface area contributed by atoms with Crippen molar-refractivity contribution < 1.29 is 86.1 Å². The third-order valence-electron chi connectivity index (χ3n) is 22.0. The first-order valence-corrected chi connectivity index (χ1v) is 40.5. The number of fused-ring (bicyclic) bond motifs is 6. The van der Waals surface area contributed by atoms with Gasteiger partial charge < -0.3 is 93.0 Å². The molecule has 0 spiro atoms. The van der Waals surface area contributed by atoms with Crippen LogP contribution in [-0.4, -0.2) is 210 Å². The summed E-state index contributed by atoms with van der Waals surface area (Å²) in [6.45, 7) is 8.22. The molecule has 18 rings (SSSR count). The van der Waals surface area contributed by atoms with Crippen LogP contribution in [0.1, 0.15) is 126 Å². The van der Waals surface area contributed by atoms with Crippen LogP contribution in [0, 0.1) is 11.8 Å². The number of aromatic nitrogens is 12. The zero-order valence-electron chi connectivity index (χ0n) is 67.1. The van der Waals surface area contributed by atoms with E-state index in [0.717, 1.165) is 36.0 Å². The minimum absolute atomic E-state index is 0.0228. The summed E-state index contributed by atoms with van der Waals surface area (Å²) in [4.78, 5) is 110. The van der Waals surface area contributed by atoms with E-state index in [2.05, 4.69) is 103 Å². The summed E-state index contributed by atoms with van der Waals surface area (Å²) in [5, 5.41) is 62.1. The standard InChI is InChI=1S/C29H31N7O6.C28H31N9O5.C26H27N7O7/c1-2-31-29(39)35-26-23-27(33-15-32-26)36(16-34-23)20-12-18(13-30-14-21-19(28(37)38)10-11-40-21)24-25(20)42-22(41-24)9-8-17-6-4-3-5-7-17;1-2-29-28(40)33-25-22-26(31-14-30-25)37(15-32-22)19-13-17(9-6-10-18-21(27(38)39)35-36-34-18)23-24(19)42-20(41-23)12-11-16-7-4-3-5-8-16;1-2-28-26(36)32-21-18-22(30-12-29-21)33(13-31-18)23-20-19(39-25(40-20)14-6-4-3-5-7-14)17(38-23)11-27-10-16-15(24(34)35)8-9-37-16/h3-11,15-16,18,20,22,24-25,30H,2,12-14H2,1H3,(H,37,38)(H2,31,32,33,35,39);3-5,7-8,11-12,14-15,17-20,23-24H,2,6,9-10,13H2,1H3,(H,38,39)(H2,29,30,31,33,40);3-9,12-13,17,19-20,23,25,27H,2,10-11H2,1H3,(H,34,35)(H2,28,29,30,32,36)/b9-8+;12-11+;/t18?,20?,22-,24?,25?;17?,18?,19?,20-,23?,24?;17?,19?,20?,23?,25-/m000/s1. The number of imidazole rings is 3. The molecular formula is C83H89N23O18. The predicted octanol–water partition coefficient (Wildman–Crippen LogP) is 9.66. The fraction of sp³-hybridized carbons (Fsp3) is 0.373. The summed E-state index contributed by atoms with van der Waals surface area (Å²) >= 11 is 0. The molecule has 5 aliphatic heterocycles. The number of urea groups is 3. The molecular weight excluding hydrogens is 1610 g/mol. The molecule has 2 saturated carbocycles. The quantitative estimate of drug-likeness (QED) is 0.0208. The number of carbonyl (C=O) groups excluding carboxylic acids is 3. The number of aromatic carboxylic acids is 2. The number of hydrogen-bond donors (Lipinski definition) is 11. The van der Waals surface area contributed by atoms with Gasteiger partial charge >= 0.3 is 36.0 Å². The predicted molar refractivity (Wildman–Crippen MR) is 442 cm³/mol. The number of benzene rings is 3. The van der Waals surface area contributed by atoms with E-state index in [0.29, 0.717) is 102 Å². The highest BCUT2D eigenvalue weighted by Gasteiger charge is 2.56. The Morgan fingerprint density at radius 3 is 1.41 bits per heavy atom. The van der Waals surface area contributed by atoms with Gasteiger partial charge in [-0.3, -0.25) is 20.5 Å². The number of carboxylic acid groups (broad SMARTS) is 3. The zero-order valence-corrected chi connectivity index (χ0v) is 67.1. The van der Waals surface area contributed by atoms with Crippen molar-refractivity contribution in [3.63, 3.8) is 0 Å². The molecule has 13 unspecified atom stereocenters. The maximum Gasteiger partial charge on any atom is 0.354 e. The summed E-state index contributed by atoms with van der Waals surface area (Å²) in [7, 11) is 0. The van der Waals surface area contributed by atoms with Crippen LogP contribution in [-0.2, 0) is 51.0 Å². The molecule has 7 aliphatic rings. The lowest BCUT2D eigenvalue weighted by Gasteiger charge is -2.21. The Morgan fingerprint density at radius 1 is 0.468 bits per heavy atom. The number of nitrogens with zero attached hydrogens (tertiary/aromatic N) is 15. The van der Waals surface area contributed by atoms with Crippen molar-refractivity contribution in [3.8, 4) is 0 Å². The Hall–Kier alpha value is -13.5. The highest BCUT2D eigenvalue weighted by Crippen LogP contribution is 2.49. The third kappa shape index (κ3) is 18.8. The van der Waals surface area contributed by atoms with Gasteiger partial charge in [-0.1, -0.05) is 110 Å². The van der Waals surface area contributed by atoms with Crippen molar-refractivity contribution in [2.75, 3.05) is 48.7 Å². The van der Waals surface area contributed by atoms with E-state index < -0.39 is 73.4 Å². The first-order chi connectivity index (χ1) is 60.6. The van der Waals surface area contributed by atoms with Crippen molar-refractivity contribution in [3.05, 3.63) is 205 Å². The Kier molecular flexibility index (Phi) is 26.2. The van der Waals surface area contributed by atoms with Crippen LogP contribution in [0.25, 0.3) is 45.6 Å². The number of rotatable bonds is 29. The Morgan fingerprint density at radius 2 is 0.919 bits per heavy atom. The number of furan rings is 2. The van der Waals surface area contributed by atoms with Crippen LogP contribution in [0.15, 0.2) is 190 Å². The van der Waals surface area contributed by atoms with Gasteiger partial charge in [-0.15, -0.1) is 5.10 Å². The fourth-order valence-corrected chi connectivity index (χ4v) is 16.4. The third-order valence-corrected chi connectivity index (χ3v) is 22.0. The van der Waals surface area contributed by atoms with E-state index in [9.17, 15) is 44.1 Å². The van der Waals surface area contributed by atoms with Gasteiger partial charge in [0.05, 0.1) is 68.9 Å². The number of carboxylic acids is 3. The summed E-state index contributed by atoms with van der Waals surface area (Å²) in [5.41, 5.74) is 6.12. The lowest BCUT2D eigenvalue weighted by molar-refractivity contribution is -0.146. The number of anilines is 3. The largest absolute Gasteiger partial charge is 0.478 e. The summed E-state index contributed by atoms with van der Waals surface area (Å²) in [5.74, 6) is -1.44. The normalized spacial score (nSPS) is 24.6. The molecule has 16 atom stereocenters. The number of nitrogens with one attached hydrogen (secondary N) is 8. The van der Waals surface area contributed by atoms with Crippen molar-refractivity contribution in [1.82, 2.24) is 85.1 Å². The van der Waals surface area contributed by atoms with E-state index in [4.69, 9.17) is 42.0 Å². The molecule has 41 nitrogen and oxygen atoms in total. The number of aliphatic carboxylic acids is 1. The molecule has 124 heavy (non-hydrogen) atoms. The number of hydrogen-bond acceptors (Lipinski definition) is 29. The highest BCUT2D eigenvalue weighted by atomic mass is 16.8. The Bertz CT molecular complexity index is 5730. The zero-order chi connectivity index (χ0) is 85.7. The van der Waals surface area contributed by atoms with E-state index >= 15 is 0 Å². The van der Waals surface area contributed by atoms with Gasteiger partial charge in [-0.2, -0.15) is 5.11 Å². The lowest BCUT2D eigenvalue weighted by Crippen LogP contribution is -2.36. The molecule has 0 radical (unpaired) electrons. The van der Waals surface area contributed by atoms with Gasteiger partial charge in [0.1, 0.15) is 78.2 Å². The van der Waals surface area contributed by atoms with Gasteiger partial charge in [0, 0.05) is 44.2 Å². The van der Waals surface area contributed by atoms with Crippen molar-refractivity contribution in [2.24, 2.45) is 27.3 Å². The van der Waals surface area contributed by atoms with Crippen LogP contribution >= 0.6 is 0 Å². The second-order valence-electron chi connectivity index (χ2n) is 29.7. The van der Waals surface area contributed by atoms with Gasteiger partial charge in [0.25, 0.3) is 0 Å². The molecule has 2 aliphatic carbocycles. The second-order valence-corrected chi connectivity index (χ2v) is 29.7. The molecule has 8 aromatic heterocycles. The molecule has 3 aromatic carbocycles. The summed E-state index contributed by atoms with van der Waals surface area (Å²) < 4.78 is 61.3. The lowest BCUT2D eigenvalue weighted by atomic mass is 9.95. The molecule has 644 valence electrons.